The van der Waals surface area contributed by atoms with E-state index in [0.717, 1.165) is 11.1 Å². The average Bonchev–Trinajstić information content (AvgIpc) is 2.38. The van der Waals surface area contributed by atoms with Gasteiger partial charge < -0.3 is 10.5 Å². The number of halogens is 2. The standard InChI is InChI=1S/C15H13Cl2NO/c1-19-15-9-12(17)5-6-13(15)14(18)8-10-3-2-4-11(16)7-10/h2-9H,18H2,1H3/b14-8-. The van der Waals surface area contributed by atoms with Crippen molar-refractivity contribution in [1.82, 2.24) is 0 Å². The number of ether oxygens (including phenoxy) is 1. The van der Waals surface area contributed by atoms with Gasteiger partial charge in [0.2, 0.25) is 0 Å². The predicted molar refractivity (Wildman–Crippen MR) is 81.5 cm³/mol. The first-order chi connectivity index (χ1) is 9.10. The molecule has 0 aliphatic carbocycles. The summed E-state index contributed by atoms with van der Waals surface area (Å²) < 4.78 is 5.28. The molecule has 0 atom stereocenters. The molecule has 0 saturated carbocycles. The number of nitrogens with two attached hydrogens (primary N) is 1. The van der Waals surface area contributed by atoms with E-state index in [1.165, 1.54) is 0 Å². The molecule has 0 aliphatic rings. The zero-order valence-electron chi connectivity index (χ0n) is 10.4. The summed E-state index contributed by atoms with van der Waals surface area (Å²) in [6.07, 6.45) is 1.84. The van der Waals surface area contributed by atoms with Crippen LogP contribution in [0, 0.1) is 0 Å². The molecule has 0 aliphatic heterocycles. The molecule has 0 fully saturated rings. The van der Waals surface area contributed by atoms with Crippen molar-refractivity contribution < 1.29 is 4.74 Å². The first-order valence-electron chi connectivity index (χ1n) is 5.67. The van der Waals surface area contributed by atoms with Crippen molar-refractivity contribution in [3.8, 4) is 5.75 Å². The number of hydrogen-bond donors (Lipinski definition) is 1. The summed E-state index contributed by atoms with van der Waals surface area (Å²) in [5, 5.41) is 1.28. The Morgan fingerprint density at radius 3 is 2.53 bits per heavy atom. The Kier molecular flexibility index (Phi) is 4.35. The Bertz CT molecular complexity index is 623. The second kappa shape index (κ2) is 6.00. The van der Waals surface area contributed by atoms with Gasteiger partial charge in [0, 0.05) is 21.3 Å². The number of benzene rings is 2. The Hall–Kier alpha value is -1.64. The van der Waals surface area contributed by atoms with E-state index in [1.54, 1.807) is 19.2 Å². The molecule has 2 aromatic rings. The van der Waals surface area contributed by atoms with E-state index in [4.69, 9.17) is 33.7 Å². The highest BCUT2D eigenvalue weighted by Crippen LogP contribution is 2.28. The summed E-state index contributed by atoms with van der Waals surface area (Å²) >= 11 is 11.9. The second-order valence-corrected chi connectivity index (χ2v) is 4.87. The highest BCUT2D eigenvalue weighted by Gasteiger charge is 2.06. The van der Waals surface area contributed by atoms with Gasteiger partial charge in [0.1, 0.15) is 5.75 Å². The van der Waals surface area contributed by atoms with E-state index in [2.05, 4.69) is 0 Å². The normalized spacial score (nSPS) is 11.4. The molecule has 19 heavy (non-hydrogen) atoms. The molecule has 2 aromatic carbocycles. The lowest BCUT2D eigenvalue weighted by atomic mass is 10.1. The fourth-order valence-corrected chi connectivity index (χ4v) is 2.12. The van der Waals surface area contributed by atoms with Crippen molar-refractivity contribution in [2.24, 2.45) is 5.73 Å². The van der Waals surface area contributed by atoms with Crippen LogP contribution in [0.5, 0.6) is 5.75 Å². The molecule has 2 rings (SSSR count). The van der Waals surface area contributed by atoms with Crippen molar-refractivity contribution >= 4 is 35.0 Å². The van der Waals surface area contributed by atoms with Crippen LogP contribution in [-0.2, 0) is 0 Å². The number of rotatable bonds is 3. The van der Waals surface area contributed by atoms with Gasteiger partial charge in [0.25, 0.3) is 0 Å². The van der Waals surface area contributed by atoms with Crippen LogP contribution < -0.4 is 10.5 Å². The van der Waals surface area contributed by atoms with Crippen LogP contribution >= 0.6 is 23.2 Å². The second-order valence-electron chi connectivity index (χ2n) is 4.00. The highest BCUT2D eigenvalue weighted by molar-refractivity contribution is 6.31. The molecule has 0 unspecified atom stereocenters. The molecule has 0 heterocycles. The molecule has 0 spiro atoms. The van der Waals surface area contributed by atoms with E-state index < -0.39 is 0 Å². The minimum Gasteiger partial charge on any atom is -0.496 e. The first-order valence-corrected chi connectivity index (χ1v) is 6.42. The van der Waals surface area contributed by atoms with Crippen molar-refractivity contribution in [1.29, 1.82) is 0 Å². The largest absolute Gasteiger partial charge is 0.496 e. The summed E-state index contributed by atoms with van der Waals surface area (Å²) in [6, 6.07) is 12.8. The van der Waals surface area contributed by atoms with Crippen molar-refractivity contribution in [2.75, 3.05) is 7.11 Å². The Morgan fingerprint density at radius 2 is 1.84 bits per heavy atom. The molecular formula is C15H13Cl2NO. The SMILES string of the molecule is COc1cc(Cl)ccc1/C(N)=C/c1cccc(Cl)c1. The van der Waals surface area contributed by atoms with Gasteiger partial charge in [-0.25, -0.2) is 0 Å². The lowest BCUT2D eigenvalue weighted by Crippen LogP contribution is -1.99. The van der Waals surface area contributed by atoms with Crippen LogP contribution in [0.2, 0.25) is 10.0 Å². The Morgan fingerprint density at radius 1 is 1.11 bits per heavy atom. The Balaban J connectivity index is 2.41. The molecule has 0 aromatic heterocycles. The van der Waals surface area contributed by atoms with E-state index in [1.807, 2.05) is 36.4 Å². The predicted octanol–water partition coefficient (Wildman–Crippen LogP) is 4.46. The van der Waals surface area contributed by atoms with Crippen LogP contribution in [0.25, 0.3) is 11.8 Å². The van der Waals surface area contributed by atoms with Crippen molar-refractivity contribution in [2.45, 2.75) is 0 Å². The lowest BCUT2D eigenvalue weighted by Gasteiger charge is -2.09. The van der Waals surface area contributed by atoms with Gasteiger partial charge in [-0.1, -0.05) is 35.3 Å². The van der Waals surface area contributed by atoms with Crippen LogP contribution in [0.15, 0.2) is 42.5 Å². The number of hydrogen-bond acceptors (Lipinski definition) is 2. The van der Waals surface area contributed by atoms with Crippen LogP contribution in [0.3, 0.4) is 0 Å². The van der Waals surface area contributed by atoms with E-state index in [-0.39, 0.29) is 0 Å². The summed E-state index contributed by atoms with van der Waals surface area (Å²) in [6.45, 7) is 0. The van der Waals surface area contributed by atoms with E-state index >= 15 is 0 Å². The maximum absolute atomic E-state index is 6.10. The van der Waals surface area contributed by atoms with E-state index in [0.29, 0.717) is 21.5 Å². The quantitative estimate of drug-likeness (QED) is 0.848. The topological polar surface area (TPSA) is 35.2 Å². The molecule has 0 radical (unpaired) electrons. The van der Waals surface area contributed by atoms with Crippen molar-refractivity contribution in [3.05, 3.63) is 63.6 Å². The zero-order chi connectivity index (χ0) is 13.8. The molecule has 4 heteroatoms. The minimum absolute atomic E-state index is 0.593. The fourth-order valence-electron chi connectivity index (χ4n) is 1.76. The summed E-state index contributed by atoms with van der Waals surface area (Å²) in [7, 11) is 1.59. The summed E-state index contributed by atoms with van der Waals surface area (Å²) in [5.41, 5.74) is 8.42. The van der Waals surface area contributed by atoms with Gasteiger partial charge >= 0.3 is 0 Å². The lowest BCUT2D eigenvalue weighted by molar-refractivity contribution is 0.413. The van der Waals surface area contributed by atoms with Gasteiger partial charge in [-0.3, -0.25) is 0 Å². The zero-order valence-corrected chi connectivity index (χ0v) is 11.9. The summed E-state index contributed by atoms with van der Waals surface area (Å²) in [4.78, 5) is 0. The molecule has 0 bridgehead atoms. The monoisotopic (exact) mass is 293 g/mol. The Labute approximate surface area is 122 Å². The average molecular weight is 294 g/mol. The third kappa shape index (κ3) is 3.43. The molecule has 0 saturated heterocycles. The molecule has 2 nitrogen and oxygen atoms in total. The molecule has 0 amide bonds. The maximum atomic E-state index is 6.10. The van der Waals surface area contributed by atoms with Gasteiger partial charge in [-0.05, 0) is 42.0 Å². The third-order valence-electron chi connectivity index (χ3n) is 2.65. The smallest absolute Gasteiger partial charge is 0.129 e. The van der Waals surface area contributed by atoms with Crippen LogP contribution in [0.4, 0.5) is 0 Å². The molecular weight excluding hydrogens is 281 g/mol. The van der Waals surface area contributed by atoms with Gasteiger partial charge in [0.15, 0.2) is 0 Å². The van der Waals surface area contributed by atoms with Crippen LogP contribution in [0.1, 0.15) is 11.1 Å². The van der Waals surface area contributed by atoms with Gasteiger partial charge in [0.05, 0.1) is 7.11 Å². The highest BCUT2D eigenvalue weighted by atomic mass is 35.5. The first kappa shape index (κ1) is 13.8. The van der Waals surface area contributed by atoms with Crippen molar-refractivity contribution in [3.63, 3.8) is 0 Å². The fraction of sp³-hybridized carbons (Fsp3) is 0.0667. The number of methoxy groups -OCH3 is 1. The van der Waals surface area contributed by atoms with Gasteiger partial charge in [-0.2, -0.15) is 0 Å². The summed E-state index contributed by atoms with van der Waals surface area (Å²) in [5.74, 6) is 0.642. The van der Waals surface area contributed by atoms with Gasteiger partial charge in [-0.15, -0.1) is 0 Å². The molecule has 98 valence electrons. The van der Waals surface area contributed by atoms with Crippen LogP contribution in [-0.4, -0.2) is 7.11 Å². The molecule has 2 N–H and O–H groups in total. The third-order valence-corrected chi connectivity index (χ3v) is 3.12. The van der Waals surface area contributed by atoms with E-state index in [9.17, 15) is 0 Å². The maximum Gasteiger partial charge on any atom is 0.129 e. The minimum atomic E-state index is 0.593.